The molecule has 0 aromatic heterocycles. The number of carboxylic acids is 1. The molecule has 2 atom stereocenters. The van der Waals surface area contributed by atoms with Gasteiger partial charge in [0.05, 0.1) is 32.3 Å². The summed E-state index contributed by atoms with van der Waals surface area (Å²) in [5.41, 5.74) is 1.92. The Bertz CT molecular complexity index is 570. The van der Waals surface area contributed by atoms with Crippen LogP contribution in [0.4, 0.5) is 0 Å². The Balaban J connectivity index is 2.12. The second-order valence-electron chi connectivity index (χ2n) is 6.97. The highest BCUT2D eigenvalue weighted by atomic mass is 16.6. The maximum atomic E-state index is 12.3. The Morgan fingerprint density at radius 1 is 1.25 bits per heavy atom. The molecule has 1 aliphatic heterocycles. The van der Waals surface area contributed by atoms with E-state index in [1.54, 1.807) is 0 Å². The van der Waals surface area contributed by atoms with Crippen molar-refractivity contribution in [3.8, 4) is 0 Å². The molecule has 0 aliphatic carbocycles. The summed E-state index contributed by atoms with van der Waals surface area (Å²) in [6.07, 6.45) is -0.877. The summed E-state index contributed by atoms with van der Waals surface area (Å²) in [5, 5.41) is 11.9. The lowest BCUT2D eigenvalue weighted by molar-refractivity contribution is -0.148. The molecule has 1 saturated heterocycles. The summed E-state index contributed by atoms with van der Waals surface area (Å²) in [6.45, 7) is 7.35. The van der Waals surface area contributed by atoms with Gasteiger partial charge >= 0.3 is 5.97 Å². The zero-order chi connectivity index (χ0) is 17.7. The first-order valence-electron chi connectivity index (χ1n) is 8.09. The van der Waals surface area contributed by atoms with Crippen LogP contribution in [0.15, 0.2) is 24.3 Å². The number of aliphatic carboxylic acids is 1. The number of hydrogen-bond acceptors (Lipinski definition) is 4. The van der Waals surface area contributed by atoms with E-state index in [0.29, 0.717) is 13.2 Å². The van der Waals surface area contributed by atoms with Crippen LogP contribution in [0, 0.1) is 0 Å². The molecule has 6 heteroatoms. The first-order valence-corrected chi connectivity index (χ1v) is 8.09. The molecule has 1 aromatic rings. The van der Waals surface area contributed by atoms with Crippen molar-refractivity contribution in [3.63, 3.8) is 0 Å². The highest BCUT2D eigenvalue weighted by molar-refractivity contribution is 5.82. The number of benzene rings is 1. The highest BCUT2D eigenvalue weighted by Gasteiger charge is 2.26. The van der Waals surface area contributed by atoms with Gasteiger partial charge in [-0.3, -0.25) is 9.59 Å². The number of carboxylic acid groups (broad SMARTS) is 1. The minimum Gasteiger partial charge on any atom is -0.481 e. The largest absolute Gasteiger partial charge is 0.481 e. The van der Waals surface area contributed by atoms with Crippen LogP contribution in [0.25, 0.3) is 0 Å². The molecule has 0 radical (unpaired) electrons. The van der Waals surface area contributed by atoms with Crippen molar-refractivity contribution in [3.05, 3.63) is 35.4 Å². The van der Waals surface area contributed by atoms with Crippen molar-refractivity contribution in [2.75, 3.05) is 19.8 Å². The number of hydrogen-bond donors (Lipinski definition) is 2. The van der Waals surface area contributed by atoms with Crippen LogP contribution in [0.3, 0.4) is 0 Å². The van der Waals surface area contributed by atoms with Gasteiger partial charge in [0.15, 0.2) is 6.10 Å². The molecule has 1 amide bonds. The van der Waals surface area contributed by atoms with E-state index in [9.17, 15) is 9.59 Å². The number of carbonyl (C=O) groups is 2. The number of ether oxygens (including phenoxy) is 2. The van der Waals surface area contributed by atoms with E-state index in [0.717, 1.165) is 11.1 Å². The third-order valence-electron chi connectivity index (χ3n) is 3.98. The number of amides is 1. The number of carbonyl (C=O) groups excluding carboxylic acids is 1. The van der Waals surface area contributed by atoms with Gasteiger partial charge < -0.3 is 19.9 Å². The van der Waals surface area contributed by atoms with Crippen molar-refractivity contribution < 1.29 is 24.2 Å². The van der Waals surface area contributed by atoms with Gasteiger partial charge in [0.25, 0.3) is 5.91 Å². The van der Waals surface area contributed by atoms with E-state index in [2.05, 4.69) is 26.1 Å². The van der Waals surface area contributed by atoms with Crippen LogP contribution < -0.4 is 5.32 Å². The van der Waals surface area contributed by atoms with Crippen molar-refractivity contribution in [2.24, 2.45) is 0 Å². The van der Waals surface area contributed by atoms with Gasteiger partial charge in [-0.2, -0.15) is 0 Å². The van der Waals surface area contributed by atoms with Crippen LogP contribution >= 0.6 is 0 Å². The van der Waals surface area contributed by atoms with Gasteiger partial charge in [-0.1, -0.05) is 45.0 Å². The van der Waals surface area contributed by atoms with Gasteiger partial charge in [-0.15, -0.1) is 0 Å². The zero-order valence-corrected chi connectivity index (χ0v) is 14.4. The molecule has 132 valence electrons. The summed E-state index contributed by atoms with van der Waals surface area (Å²) in [5.74, 6) is -1.32. The van der Waals surface area contributed by atoms with E-state index >= 15 is 0 Å². The van der Waals surface area contributed by atoms with E-state index < -0.39 is 18.1 Å². The van der Waals surface area contributed by atoms with Gasteiger partial charge in [0.2, 0.25) is 0 Å². The summed E-state index contributed by atoms with van der Waals surface area (Å²) < 4.78 is 10.6. The second kappa shape index (κ2) is 7.77. The van der Waals surface area contributed by atoms with Crippen LogP contribution in [0.5, 0.6) is 0 Å². The molecule has 0 bridgehead atoms. The average Bonchev–Trinajstić information content (AvgIpc) is 2.54. The smallest absolute Gasteiger partial charge is 0.305 e. The molecule has 0 spiro atoms. The lowest BCUT2D eigenvalue weighted by atomic mass is 9.86. The molecule has 2 unspecified atom stereocenters. The standard InChI is InChI=1S/C18H25NO5/c1-18(2,3)13-6-4-12(5-7-13)14(10-16(20)21)19-17(22)15-11-23-8-9-24-15/h4-7,14-15H,8-11H2,1-3H3,(H,19,22)(H,20,21). The maximum Gasteiger partial charge on any atom is 0.305 e. The Labute approximate surface area is 142 Å². The van der Waals surface area contributed by atoms with Crippen LogP contribution in [0.2, 0.25) is 0 Å². The SMILES string of the molecule is CC(C)(C)c1ccc(C(CC(=O)O)NC(=O)C2COCCO2)cc1. The van der Waals surface area contributed by atoms with Crippen molar-refractivity contribution in [1.82, 2.24) is 5.32 Å². The van der Waals surface area contributed by atoms with Gasteiger partial charge in [-0.25, -0.2) is 0 Å². The van der Waals surface area contributed by atoms with Crippen molar-refractivity contribution in [2.45, 2.75) is 44.8 Å². The Morgan fingerprint density at radius 3 is 2.42 bits per heavy atom. The average molecular weight is 335 g/mol. The molecule has 2 N–H and O–H groups in total. The van der Waals surface area contributed by atoms with E-state index in [1.165, 1.54) is 0 Å². The topological polar surface area (TPSA) is 84.9 Å². The van der Waals surface area contributed by atoms with Crippen molar-refractivity contribution in [1.29, 1.82) is 0 Å². The minimum atomic E-state index is -0.971. The molecule has 1 aromatic carbocycles. The molecule has 1 fully saturated rings. The third-order valence-corrected chi connectivity index (χ3v) is 3.98. The molecule has 2 rings (SSSR count). The predicted molar refractivity (Wildman–Crippen MR) is 88.8 cm³/mol. The third kappa shape index (κ3) is 5.04. The van der Waals surface area contributed by atoms with Crippen LogP contribution in [0.1, 0.15) is 44.4 Å². The van der Waals surface area contributed by atoms with Gasteiger partial charge in [0.1, 0.15) is 0 Å². The molecule has 6 nitrogen and oxygen atoms in total. The summed E-state index contributed by atoms with van der Waals surface area (Å²) in [4.78, 5) is 23.4. The van der Waals surface area contributed by atoms with E-state index in [4.69, 9.17) is 14.6 Å². The number of rotatable bonds is 5. The van der Waals surface area contributed by atoms with Crippen LogP contribution in [-0.2, 0) is 24.5 Å². The number of nitrogens with one attached hydrogen (secondary N) is 1. The summed E-state index contributed by atoms with van der Waals surface area (Å²) in [6, 6.07) is 7.07. The van der Waals surface area contributed by atoms with E-state index in [-0.39, 0.29) is 24.3 Å². The molecule has 1 aliphatic rings. The Hall–Kier alpha value is -1.92. The second-order valence-corrected chi connectivity index (χ2v) is 6.97. The highest BCUT2D eigenvalue weighted by Crippen LogP contribution is 2.25. The molecule has 0 saturated carbocycles. The minimum absolute atomic E-state index is 0.0113. The Kier molecular flexibility index (Phi) is 5.96. The predicted octanol–water partition coefficient (Wildman–Crippen LogP) is 2.03. The zero-order valence-electron chi connectivity index (χ0n) is 14.4. The molecular weight excluding hydrogens is 310 g/mol. The Morgan fingerprint density at radius 2 is 1.92 bits per heavy atom. The fourth-order valence-corrected chi connectivity index (χ4v) is 2.55. The fraction of sp³-hybridized carbons (Fsp3) is 0.556. The van der Waals surface area contributed by atoms with Gasteiger partial charge in [-0.05, 0) is 16.5 Å². The molecule has 24 heavy (non-hydrogen) atoms. The first-order chi connectivity index (χ1) is 11.3. The lowest BCUT2D eigenvalue weighted by Crippen LogP contribution is -2.44. The maximum absolute atomic E-state index is 12.3. The van der Waals surface area contributed by atoms with Crippen LogP contribution in [-0.4, -0.2) is 42.9 Å². The van der Waals surface area contributed by atoms with Gasteiger partial charge in [0, 0.05) is 0 Å². The fourth-order valence-electron chi connectivity index (χ4n) is 2.55. The van der Waals surface area contributed by atoms with Crippen molar-refractivity contribution >= 4 is 11.9 Å². The lowest BCUT2D eigenvalue weighted by Gasteiger charge is -2.25. The monoisotopic (exact) mass is 335 g/mol. The van der Waals surface area contributed by atoms with E-state index in [1.807, 2.05) is 24.3 Å². The molecule has 1 heterocycles. The normalized spacial score (nSPS) is 19.5. The summed E-state index contributed by atoms with van der Waals surface area (Å²) in [7, 11) is 0. The first kappa shape index (κ1) is 18.4. The summed E-state index contributed by atoms with van der Waals surface area (Å²) >= 11 is 0. The quantitative estimate of drug-likeness (QED) is 0.860. The molecular formula is C18H25NO5.